The Hall–Kier alpha value is -2.20. The van der Waals surface area contributed by atoms with Gasteiger partial charge in [0.2, 0.25) is 5.95 Å². The molecule has 1 atom stereocenters. The lowest BCUT2D eigenvalue weighted by Gasteiger charge is -2.22. The van der Waals surface area contributed by atoms with Gasteiger partial charge in [-0.15, -0.1) is 11.3 Å². The first-order chi connectivity index (χ1) is 10.3. The molecule has 0 amide bonds. The summed E-state index contributed by atoms with van der Waals surface area (Å²) in [6, 6.07) is 15.0. The minimum absolute atomic E-state index is 0.390. The topological polar surface area (TPSA) is 29.0 Å². The smallest absolute Gasteiger partial charge is 0.230 e. The molecular weight excluding hydrogens is 278 g/mol. The molecule has 0 saturated carbocycles. The highest BCUT2D eigenvalue weighted by molar-refractivity contribution is 7.13. The van der Waals surface area contributed by atoms with E-state index in [9.17, 15) is 0 Å². The highest BCUT2D eigenvalue weighted by Crippen LogP contribution is 2.37. The highest BCUT2D eigenvalue weighted by Gasteiger charge is 2.28. The SMILES string of the molecule is CC1Cc2ccccc2N1c1nccc(-c2cccs2)n1. The van der Waals surface area contributed by atoms with E-state index in [4.69, 9.17) is 4.98 Å². The summed E-state index contributed by atoms with van der Waals surface area (Å²) in [7, 11) is 0. The molecule has 0 spiro atoms. The number of rotatable bonds is 2. The number of para-hydroxylation sites is 1. The number of aromatic nitrogens is 2. The predicted molar refractivity (Wildman–Crippen MR) is 87.1 cm³/mol. The summed E-state index contributed by atoms with van der Waals surface area (Å²) >= 11 is 1.70. The highest BCUT2D eigenvalue weighted by atomic mass is 32.1. The van der Waals surface area contributed by atoms with Crippen LogP contribution >= 0.6 is 11.3 Å². The molecule has 1 aliphatic rings. The van der Waals surface area contributed by atoms with Gasteiger partial charge in [0.05, 0.1) is 10.6 Å². The molecule has 1 aromatic carbocycles. The number of anilines is 2. The minimum Gasteiger partial charge on any atom is -0.307 e. The van der Waals surface area contributed by atoms with Crippen molar-refractivity contribution in [1.29, 1.82) is 0 Å². The van der Waals surface area contributed by atoms with Crippen molar-refractivity contribution in [2.45, 2.75) is 19.4 Å². The van der Waals surface area contributed by atoms with E-state index in [1.54, 1.807) is 11.3 Å². The molecule has 1 unspecified atom stereocenters. The van der Waals surface area contributed by atoms with E-state index in [2.05, 4.69) is 58.6 Å². The van der Waals surface area contributed by atoms with Gasteiger partial charge >= 0.3 is 0 Å². The van der Waals surface area contributed by atoms with Crippen LogP contribution in [0.5, 0.6) is 0 Å². The molecule has 0 aliphatic carbocycles. The summed E-state index contributed by atoms with van der Waals surface area (Å²) < 4.78 is 0. The van der Waals surface area contributed by atoms with Gasteiger partial charge in [0.25, 0.3) is 0 Å². The van der Waals surface area contributed by atoms with Crippen LogP contribution in [0.3, 0.4) is 0 Å². The lowest BCUT2D eigenvalue weighted by molar-refractivity contribution is 0.740. The maximum Gasteiger partial charge on any atom is 0.230 e. The molecule has 1 aliphatic heterocycles. The van der Waals surface area contributed by atoms with Gasteiger partial charge < -0.3 is 4.90 Å². The molecule has 3 aromatic rings. The third-order valence-corrected chi connectivity index (χ3v) is 4.73. The van der Waals surface area contributed by atoms with Crippen molar-refractivity contribution in [1.82, 2.24) is 9.97 Å². The fourth-order valence-corrected chi connectivity index (χ4v) is 3.59. The van der Waals surface area contributed by atoms with Gasteiger partial charge in [-0.1, -0.05) is 24.3 Å². The Bertz CT molecular complexity index is 767. The predicted octanol–water partition coefficient (Wildman–Crippen LogP) is 4.29. The third kappa shape index (κ3) is 2.12. The molecule has 4 rings (SSSR count). The molecule has 0 fully saturated rings. The summed E-state index contributed by atoms with van der Waals surface area (Å²) in [5.74, 6) is 0.790. The van der Waals surface area contributed by atoms with Crippen LogP contribution in [0.2, 0.25) is 0 Å². The molecule has 0 N–H and O–H groups in total. The maximum absolute atomic E-state index is 4.77. The molecular formula is C17H15N3S. The van der Waals surface area contributed by atoms with Crippen molar-refractivity contribution in [2.75, 3.05) is 4.90 Å². The van der Waals surface area contributed by atoms with Gasteiger partial charge in [-0.25, -0.2) is 9.97 Å². The van der Waals surface area contributed by atoms with E-state index < -0.39 is 0 Å². The second-order valence-corrected chi connectivity index (χ2v) is 6.22. The van der Waals surface area contributed by atoms with Crippen LogP contribution in [-0.2, 0) is 6.42 Å². The Kier molecular flexibility index (Phi) is 2.97. The average Bonchev–Trinajstić information content (AvgIpc) is 3.14. The van der Waals surface area contributed by atoms with E-state index in [0.29, 0.717) is 6.04 Å². The molecule has 0 saturated heterocycles. The van der Waals surface area contributed by atoms with Crippen LogP contribution in [0.15, 0.2) is 54.0 Å². The van der Waals surface area contributed by atoms with Crippen molar-refractivity contribution >= 4 is 23.0 Å². The van der Waals surface area contributed by atoms with E-state index in [1.807, 2.05) is 12.3 Å². The van der Waals surface area contributed by atoms with Gasteiger partial charge in [0, 0.05) is 17.9 Å². The van der Waals surface area contributed by atoms with Gasteiger partial charge in [-0.05, 0) is 42.5 Å². The Balaban J connectivity index is 1.79. The number of hydrogen-bond acceptors (Lipinski definition) is 4. The Morgan fingerprint density at radius 3 is 2.90 bits per heavy atom. The van der Waals surface area contributed by atoms with Gasteiger partial charge in [-0.2, -0.15) is 0 Å². The second-order valence-electron chi connectivity index (χ2n) is 5.27. The first-order valence-corrected chi connectivity index (χ1v) is 7.95. The molecule has 4 heteroatoms. The van der Waals surface area contributed by atoms with Gasteiger partial charge in [-0.3, -0.25) is 0 Å². The number of benzene rings is 1. The lowest BCUT2D eigenvalue weighted by atomic mass is 10.1. The van der Waals surface area contributed by atoms with Crippen LogP contribution < -0.4 is 4.90 Å². The first kappa shape index (κ1) is 12.5. The number of fused-ring (bicyclic) bond motifs is 1. The Morgan fingerprint density at radius 1 is 1.14 bits per heavy atom. The molecule has 0 bridgehead atoms. The molecule has 3 heterocycles. The number of nitrogens with zero attached hydrogens (tertiary/aromatic N) is 3. The van der Waals surface area contributed by atoms with Crippen LogP contribution in [0, 0.1) is 0 Å². The summed E-state index contributed by atoms with van der Waals surface area (Å²) in [5, 5.41) is 2.07. The molecule has 3 nitrogen and oxygen atoms in total. The van der Waals surface area contributed by atoms with Crippen molar-refractivity contribution in [3.05, 3.63) is 59.6 Å². The van der Waals surface area contributed by atoms with E-state index in [1.165, 1.54) is 16.1 Å². The summed E-state index contributed by atoms with van der Waals surface area (Å²) in [6.45, 7) is 2.22. The average molecular weight is 293 g/mol. The van der Waals surface area contributed by atoms with Crippen LogP contribution in [0.4, 0.5) is 11.6 Å². The maximum atomic E-state index is 4.77. The van der Waals surface area contributed by atoms with Crippen LogP contribution in [0.25, 0.3) is 10.6 Å². The summed E-state index contributed by atoms with van der Waals surface area (Å²) in [5.41, 5.74) is 3.59. The standard InChI is InChI=1S/C17H15N3S/c1-12-11-13-5-2-3-6-15(13)20(12)17-18-9-8-14(19-17)16-7-4-10-21-16/h2-10,12H,11H2,1H3. The summed E-state index contributed by atoms with van der Waals surface area (Å²) in [6.07, 6.45) is 2.90. The third-order valence-electron chi connectivity index (χ3n) is 3.84. The Morgan fingerprint density at radius 2 is 2.05 bits per heavy atom. The number of hydrogen-bond donors (Lipinski definition) is 0. The molecule has 2 aromatic heterocycles. The number of thiophene rings is 1. The summed E-state index contributed by atoms with van der Waals surface area (Å²) in [4.78, 5) is 12.7. The zero-order chi connectivity index (χ0) is 14.2. The van der Waals surface area contributed by atoms with Crippen LogP contribution in [0.1, 0.15) is 12.5 Å². The van der Waals surface area contributed by atoms with Crippen molar-refractivity contribution in [3.63, 3.8) is 0 Å². The fourth-order valence-electron chi connectivity index (χ4n) is 2.90. The lowest BCUT2D eigenvalue weighted by Crippen LogP contribution is -2.25. The zero-order valence-corrected chi connectivity index (χ0v) is 12.5. The minimum atomic E-state index is 0.390. The van der Waals surface area contributed by atoms with Crippen molar-refractivity contribution in [2.24, 2.45) is 0 Å². The van der Waals surface area contributed by atoms with Gasteiger partial charge in [0.15, 0.2) is 0 Å². The fraction of sp³-hybridized carbons (Fsp3) is 0.176. The Labute approximate surface area is 127 Å². The van der Waals surface area contributed by atoms with E-state index in [0.717, 1.165) is 18.1 Å². The van der Waals surface area contributed by atoms with Crippen LogP contribution in [-0.4, -0.2) is 16.0 Å². The van der Waals surface area contributed by atoms with E-state index in [-0.39, 0.29) is 0 Å². The van der Waals surface area contributed by atoms with Crippen molar-refractivity contribution < 1.29 is 0 Å². The molecule has 0 radical (unpaired) electrons. The van der Waals surface area contributed by atoms with Crippen molar-refractivity contribution in [3.8, 4) is 10.6 Å². The molecule has 104 valence electrons. The first-order valence-electron chi connectivity index (χ1n) is 7.07. The molecule has 21 heavy (non-hydrogen) atoms. The monoisotopic (exact) mass is 293 g/mol. The largest absolute Gasteiger partial charge is 0.307 e. The van der Waals surface area contributed by atoms with E-state index >= 15 is 0 Å². The van der Waals surface area contributed by atoms with Gasteiger partial charge in [0.1, 0.15) is 0 Å². The zero-order valence-electron chi connectivity index (χ0n) is 11.7. The quantitative estimate of drug-likeness (QED) is 0.706. The normalized spacial score (nSPS) is 17.0. The second kappa shape index (κ2) is 4.97.